The number of aromatic nitrogens is 1. The summed E-state index contributed by atoms with van der Waals surface area (Å²) >= 11 is 5.82. The van der Waals surface area contributed by atoms with Gasteiger partial charge in [0.25, 0.3) is 5.91 Å². The molecular formula is C15H17ClN2O3. The molecule has 0 aliphatic carbocycles. The Hall–Kier alpha value is -1.69. The van der Waals surface area contributed by atoms with Crippen molar-refractivity contribution in [3.63, 3.8) is 0 Å². The molecule has 0 fully saturated rings. The second kappa shape index (κ2) is 7.36. The van der Waals surface area contributed by atoms with Crippen molar-refractivity contribution >= 4 is 28.4 Å². The first-order valence-corrected chi connectivity index (χ1v) is 6.99. The average Bonchev–Trinajstić information content (AvgIpc) is 2.46. The molecule has 21 heavy (non-hydrogen) atoms. The second-order valence-electron chi connectivity index (χ2n) is 4.70. The summed E-state index contributed by atoms with van der Waals surface area (Å²) < 4.78 is 4.82. The fourth-order valence-electron chi connectivity index (χ4n) is 1.97. The van der Waals surface area contributed by atoms with E-state index in [1.54, 1.807) is 24.3 Å². The number of hydrogen-bond acceptors (Lipinski definition) is 4. The lowest BCUT2D eigenvalue weighted by molar-refractivity contribution is 0.0587. The van der Waals surface area contributed by atoms with Crippen molar-refractivity contribution in [2.24, 2.45) is 0 Å². The minimum absolute atomic E-state index is 0.184. The van der Waals surface area contributed by atoms with Crippen LogP contribution in [-0.2, 0) is 4.74 Å². The molecule has 1 atom stereocenters. The van der Waals surface area contributed by atoms with Crippen LogP contribution in [0.2, 0.25) is 5.15 Å². The summed E-state index contributed by atoms with van der Waals surface area (Å²) in [6.07, 6.45) is -0.122. The number of fused-ring (bicyclic) bond motifs is 1. The lowest BCUT2D eigenvalue weighted by Crippen LogP contribution is -2.28. The summed E-state index contributed by atoms with van der Waals surface area (Å²) in [5.74, 6) is -0.184. The van der Waals surface area contributed by atoms with Gasteiger partial charge in [0.15, 0.2) is 0 Å². The van der Waals surface area contributed by atoms with E-state index in [1.165, 1.54) is 7.11 Å². The Morgan fingerprint density at radius 3 is 3.00 bits per heavy atom. The molecule has 2 N–H and O–H groups in total. The van der Waals surface area contributed by atoms with Crippen LogP contribution in [0.15, 0.2) is 30.3 Å². The summed E-state index contributed by atoms with van der Waals surface area (Å²) in [4.78, 5) is 16.2. The Balaban J connectivity index is 1.98. The molecule has 0 saturated heterocycles. The third kappa shape index (κ3) is 4.39. The molecule has 2 aromatic rings. The number of halogens is 1. The van der Waals surface area contributed by atoms with E-state index >= 15 is 0 Å². The molecule has 6 heteroatoms. The van der Waals surface area contributed by atoms with E-state index in [0.717, 1.165) is 10.9 Å². The first kappa shape index (κ1) is 15.7. The van der Waals surface area contributed by atoms with E-state index in [1.807, 2.05) is 6.07 Å². The molecule has 1 aromatic heterocycles. The molecule has 0 bridgehead atoms. The van der Waals surface area contributed by atoms with Gasteiger partial charge < -0.3 is 15.2 Å². The number of pyridine rings is 1. The molecule has 5 nitrogen and oxygen atoms in total. The highest BCUT2D eigenvalue weighted by Crippen LogP contribution is 2.17. The Morgan fingerprint density at radius 1 is 1.43 bits per heavy atom. The summed E-state index contributed by atoms with van der Waals surface area (Å²) in [5.41, 5.74) is 1.29. The molecule has 0 aliphatic rings. The third-order valence-electron chi connectivity index (χ3n) is 3.04. The summed E-state index contributed by atoms with van der Waals surface area (Å²) in [6.45, 7) is 0.651. The monoisotopic (exact) mass is 308 g/mol. The number of rotatable bonds is 6. The minimum atomic E-state index is -0.571. The fraction of sp³-hybridized carbons (Fsp3) is 0.333. The van der Waals surface area contributed by atoms with Gasteiger partial charge in [-0.3, -0.25) is 4.79 Å². The molecule has 0 radical (unpaired) electrons. The van der Waals surface area contributed by atoms with Crippen molar-refractivity contribution in [2.45, 2.75) is 12.5 Å². The number of carbonyl (C=O) groups excluding carboxylic acids is 1. The number of nitrogens with one attached hydrogen (secondary N) is 1. The summed E-state index contributed by atoms with van der Waals surface area (Å²) in [5, 5.41) is 13.5. The molecule has 112 valence electrons. The Labute approximate surface area is 127 Å². The van der Waals surface area contributed by atoms with Crippen molar-refractivity contribution in [2.75, 3.05) is 20.3 Å². The van der Waals surface area contributed by atoms with Crippen LogP contribution in [0, 0.1) is 0 Å². The van der Waals surface area contributed by atoms with Crippen LogP contribution in [0.4, 0.5) is 0 Å². The van der Waals surface area contributed by atoms with Crippen molar-refractivity contribution in [3.05, 3.63) is 41.0 Å². The number of benzene rings is 1. The van der Waals surface area contributed by atoms with E-state index in [-0.39, 0.29) is 12.5 Å². The first-order chi connectivity index (χ1) is 10.1. The standard InChI is InChI=1S/C15H17ClN2O3/c1-21-9-12(19)6-7-17-15(20)11-2-4-13-10(8-11)3-5-14(16)18-13/h2-5,8,12,19H,6-7,9H2,1H3,(H,17,20). The summed E-state index contributed by atoms with van der Waals surface area (Å²) in [7, 11) is 1.52. The average molecular weight is 309 g/mol. The highest BCUT2D eigenvalue weighted by Gasteiger charge is 2.08. The van der Waals surface area contributed by atoms with E-state index < -0.39 is 6.10 Å². The van der Waals surface area contributed by atoms with E-state index in [9.17, 15) is 9.90 Å². The third-order valence-corrected chi connectivity index (χ3v) is 3.25. The molecule has 1 unspecified atom stereocenters. The number of hydrogen-bond donors (Lipinski definition) is 2. The van der Waals surface area contributed by atoms with Gasteiger partial charge in [-0.15, -0.1) is 0 Å². The quantitative estimate of drug-likeness (QED) is 0.801. The van der Waals surface area contributed by atoms with Gasteiger partial charge in [-0.25, -0.2) is 4.98 Å². The zero-order valence-electron chi connectivity index (χ0n) is 11.7. The Morgan fingerprint density at radius 2 is 2.24 bits per heavy atom. The van der Waals surface area contributed by atoms with Crippen LogP contribution < -0.4 is 5.32 Å². The van der Waals surface area contributed by atoms with E-state index in [0.29, 0.717) is 23.7 Å². The number of aliphatic hydroxyl groups excluding tert-OH is 1. The fourth-order valence-corrected chi connectivity index (χ4v) is 2.13. The van der Waals surface area contributed by atoms with Gasteiger partial charge in [-0.05, 0) is 36.8 Å². The van der Waals surface area contributed by atoms with Crippen LogP contribution in [0.3, 0.4) is 0 Å². The largest absolute Gasteiger partial charge is 0.391 e. The summed E-state index contributed by atoms with van der Waals surface area (Å²) in [6, 6.07) is 8.73. The Kier molecular flexibility index (Phi) is 5.50. The van der Waals surface area contributed by atoms with Crippen LogP contribution >= 0.6 is 11.6 Å². The smallest absolute Gasteiger partial charge is 0.251 e. The molecule has 0 saturated carbocycles. The van der Waals surface area contributed by atoms with Crippen LogP contribution in [0.25, 0.3) is 10.9 Å². The number of ether oxygens (including phenoxy) is 1. The molecule has 1 heterocycles. The van der Waals surface area contributed by atoms with Gasteiger partial charge >= 0.3 is 0 Å². The van der Waals surface area contributed by atoms with Crippen molar-refractivity contribution in [3.8, 4) is 0 Å². The lowest BCUT2D eigenvalue weighted by atomic mass is 10.1. The zero-order chi connectivity index (χ0) is 15.2. The molecule has 1 amide bonds. The SMILES string of the molecule is COCC(O)CCNC(=O)c1ccc2nc(Cl)ccc2c1. The number of carbonyl (C=O) groups is 1. The van der Waals surface area contributed by atoms with E-state index in [2.05, 4.69) is 10.3 Å². The maximum absolute atomic E-state index is 12.0. The molecule has 0 spiro atoms. The van der Waals surface area contributed by atoms with E-state index in [4.69, 9.17) is 16.3 Å². The van der Waals surface area contributed by atoms with Crippen molar-refractivity contribution < 1.29 is 14.6 Å². The van der Waals surface area contributed by atoms with Crippen molar-refractivity contribution in [1.29, 1.82) is 0 Å². The van der Waals surface area contributed by atoms with Gasteiger partial charge in [0, 0.05) is 24.6 Å². The van der Waals surface area contributed by atoms with Gasteiger partial charge in [-0.2, -0.15) is 0 Å². The highest BCUT2D eigenvalue weighted by molar-refractivity contribution is 6.29. The molecule has 2 rings (SSSR count). The topological polar surface area (TPSA) is 71.5 Å². The highest BCUT2D eigenvalue weighted by atomic mass is 35.5. The number of methoxy groups -OCH3 is 1. The van der Waals surface area contributed by atoms with Crippen molar-refractivity contribution in [1.82, 2.24) is 10.3 Å². The number of nitrogens with zero attached hydrogens (tertiary/aromatic N) is 1. The molecule has 0 aliphatic heterocycles. The predicted molar refractivity (Wildman–Crippen MR) is 81.6 cm³/mol. The van der Waals surface area contributed by atoms with Crippen LogP contribution in [0.1, 0.15) is 16.8 Å². The van der Waals surface area contributed by atoms with Crippen LogP contribution in [-0.4, -0.2) is 42.4 Å². The normalized spacial score (nSPS) is 12.3. The predicted octanol–water partition coefficient (Wildman–Crippen LogP) is 2.02. The maximum atomic E-state index is 12.0. The van der Waals surface area contributed by atoms with Gasteiger partial charge in [0.2, 0.25) is 0 Å². The second-order valence-corrected chi connectivity index (χ2v) is 5.08. The number of aliphatic hydroxyl groups is 1. The van der Waals surface area contributed by atoms with Gasteiger partial charge in [0.1, 0.15) is 5.15 Å². The zero-order valence-corrected chi connectivity index (χ0v) is 12.4. The molecular weight excluding hydrogens is 292 g/mol. The number of amides is 1. The molecule has 1 aromatic carbocycles. The van der Waals surface area contributed by atoms with Crippen LogP contribution in [0.5, 0.6) is 0 Å². The first-order valence-electron chi connectivity index (χ1n) is 6.61. The Bertz CT molecular complexity index is 633. The van der Waals surface area contributed by atoms with Gasteiger partial charge in [0.05, 0.1) is 18.2 Å². The minimum Gasteiger partial charge on any atom is -0.391 e. The lowest BCUT2D eigenvalue weighted by Gasteiger charge is -2.10. The van der Waals surface area contributed by atoms with Gasteiger partial charge in [-0.1, -0.05) is 11.6 Å². The maximum Gasteiger partial charge on any atom is 0.251 e.